The molecule has 0 aliphatic carbocycles. The lowest BCUT2D eigenvalue weighted by Crippen LogP contribution is -1.91. The van der Waals surface area contributed by atoms with E-state index in [9.17, 15) is 0 Å². The van der Waals surface area contributed by atoms with Crippen LogP contribution in [0.2, 0.25) is 0 Å². The third-order valence-electron chi connectivity index (χ3n) is 13.3. The summed E-state index contributed by atoms with van der Waals surface area (Å²) in [5.74, 6) is 0. The minimum atomic E-state index is 1.16. The highest BCUT2D eigenvalue weighted by Crippen LogP contribution is 2.46. The van der Waals surface area contributed by atoms with Gasteiger partial charge in [0.2, 0.25) is 0 Å². The molecule has 0 radical (unpaired) electrons. The Morgan fingerprint density at radius 3 is 0.985 bits per heavy atom. The van der Waals surface area contributed by atoms with Gasteiger partial charge in [0.25, 0.3) is 0 Å². The van der Waals surface area contributed by atoms with Crippen molar-refractivity contribution in [3.63, 3.8) is 0 Å². The topological polar surface area (TPSA) is 0 Å². The Bertz CT molecular complexity index is 3670. The summed E-state index contributed by atoms with van der Waals surface area (Å²) in [5, 5.41) is 10.1. The molecular weight excluding hydrogens is 793 g/mol. The molecule has 0 spiro atoms. The summed E-state index contributed by atoms with van der Waals surface area (Å²) in [6.45, 7) is 0. The molecule has 0 aromatic heterocycles. The molecule has 0 bridgehead atoms. The Hall–Kier alpha value is -8.58. The van der Waals surface area contributed by atoms with E-state index in [2.05, 4.69) is 267 Å². The van der Waals surface area contributed by atoms with Gasteiger partial charge in [0.05, 0.1) is 0 Å². The second-order valence-electron chi connectivity index (χ2n) is 17.1. The standard InChI is InChI=1S/C66H44/c1-3-20-48(21-4-1)63-55-29-9-13-33-59(55)65(60-34-14-10-30-56(60)63)52-26-17-24-50(43-52)46-40-37-45(38-41-46)39-42-47-19-7-8-28-54(47)51-25-18-27-53(44-51)66-61-35-15-11-31-57(61)64(49-22-5-2-6-23-49)58-32-12-16-36-62(58)66/h1-44H. The molecule has 0 heterocycles. The van der Waals surface area contributed by atoms with Crippen molar-refractivity contribution in [2.24, 2.45) is 0 Å². The molecule has 0 atom stereocenters. The first-order valence-corrected chi connectivity index (χ1v) is 22.8. The summed E-state index contributed by atoms with van der Waals surface area (Å²) < 4.78 is 0. The van der Waals surface area contributed by atoms with Crippen LogP contribution in [-0.4, -0.2) is 0 Å². The minimum Gasteiger partial charge on any atom is -0.0622 e. The van der Waals surface area contributed by atoms with Gasteiger partial charge in [0.15, 0.2) is 0 Å². The van der Waals surface area contributed by atoms with E-state index in [0.29, 0.717) is 0 Å². The summed E-state index contributed by atoms with van der Waals surface area (Å²) in [5.41, 5.74) is 17.1. The fourth-order valence-corrected chi connectivity index (χ4v) is 10.3. The molecule has 0 fully saturated rings. The number of fused-ring (bicyclic) bond motifs is 4. The zero-order valence-electron chi connectivity index (χ0n) is 36.4. The quantitative estimate of drug-likeness (QED) is 0.106. The van der Waals surface area contributed by atoms with E-state index in [1.807, 2.05) is 0 Å². The van der Waals surface area contributed by atoms with Crippen molar-refractivity contribution in [1.29, 1.82) is 0 Å². The zero-order chi connectivity index (χ0) is 43.8. The molecule has 0 aliphatic rings. The van der Waals surface area contributed by atoms with Crippen LogP contribution in [-0.2, 0) is 0 Å². The molecule has 12 aromatic carbocycles. The predicted octanol–water partition coefficient (Wildman–Crippen LogP) is 18.5. The number of rotatable bonds is 8. The maximum atomic E-state index is 2.37. The highest BCUT2D eigenvalue weighted by Gasteiger charge is 2.19. The van der Waals surface area contributed by atoms with Gasteiger partial charge >= 0.3 is 0 Å². The van der Waals surface area contributed by atoms with E-state index < -0.39 is 0 Å². The van der Waals surface area contributed by atoms with Gasteiger partial charge in [-0.3, -0.25) is 0 Å². The van der Waals surface area contributed by atoms with Gasteiger partial charge in [-0.1, -0.05) is 255 Å². The summed E-state index contributed by atoms with van der Waals surface area (Å²) in [6, 6.07) is 92.9. The summed E-state index contributed by atoms with van der Waals surface area (Å²) in [7, 11) is 0. The van der Waals surface area contributed by atoms with Crippen LogP contribution in [0.4, 0.5) is 0 Å². The molecule has 308 valence electrons. The average Bonchev–Trinajstić information content (AvgIpc) is 3.39. The molecule has 0 nitrogen and oxygen atoms in total. The van der Waals surface area contributed by atoms with E-state index in [1.54, 1.807) is 0 Å². The van der Waals surface area contributed by atoms with E-state index >= 15 is 0 Å². The average molecular weight is 837 g/mol. The smallest absolute Gasteiger partial charge is 0.00262 e. The first kappa shape index (κ1) is 39.0. The second-order valence-corrected chi connectivity index (χ2v) is 17.1. The minimum absolute atomic E-state index is 1.16. The lowest BCUT2D eigenvalue weighted by atomic mass is 9.85. The van der Waals surface area contributed by atoms with Gasteiger partial charge in [-0.05, 0) is 133 Å². The van der Waals surface area contributed by atoms with Crippen LogP contribution >= 0.6 is 0 Å². The van der Waals surface area contributed by atoms with Crippen LogP contribution in [0, 0.1) is 0 Å². The van der Waals surface area contributed by atoms with Crippen LogP contribution in [0.3, 0.4) is 0 Å². The molecule has 0 amide bonds. The van der Waals surface area contributed by atoms with Crippen molar-refractivity contribution in [3.8, 4) is 66.8 Å². The van der Waals surface area contributed by atoms with Crippen molar-refractivity contribution in [2.75, 3.05) is 0 Å². The van der Waals surface area contributed by atoms with Crippen LogP contribution < -0.4 is 0 Å². The van der Waals surface area contributed by atoms with Crippen LogP contribution in [0.15, 0.2) is 255 Å². The molecule has 0 saturated heterocycles. The first-order valence-electron chi connectivity index (χ1n) is 22.8. The SMILES string of the molecule is C(=Cc1ccccc1-c1cccc(-c2c3ccccc3c(-c3ccccc3)c3ccccc23)c1)c1ccc(-c2cccc(-c3c4ccccc4c(-c4ccccc4)c4ccccc34)c2)cc1. The lowest BCUT2D eigenvalue weighted by Gasteiger charge is -2.18. The van der Waals surface area contributed by atoms with Gasteiger partial charge in [-0.25, -0.2) is 0 Å². The van der Waals surface area contributed by atoms with Crippen molar-refractivity contribution in [3.05, 3.63) is 266 Å². The van der Waals surface area contributed by atoms with Gasteiger partial charge in [0, 0.05) is 0 Å². The highest BCUT2D eigenvalue weighted by molar-refractivity contribution is 6.23. The summed E-state index contributed by atoms with van der Waals surface area (Å²) >= 11 is 0. The third kappa shape index (κ3) is 6.97. The van der Waals surface area contributed by atoms with E-state index in [1.165, 1.54) is 115 Å². The maximum Gasteiger partial charge on any atom is -0.00262 e. The van der Waals surface area contributed by atoms with Gasteiger partial charge in [-0.2, -0.15) is 0 Å². The van der Waals surface area contributed by atoms with Gasteiger partial charge in [-0.15, -0.1) is 0 Å². The Morgan fingerprint density at radius 1 is 0.197 bits per heavy atom. The molecule has 0 aliphatic heterocycles. The van der Waals surface area contributed by atoms with E-state index in [-0.39, 0.29) is 0 Å². The van der Waals surface area contributed by atoms with Crippen LogP contribution in [0.1, 0.15) is 11.1 Å². The second kappa shape index (κ2) is 16.8. The molecule has 0 heteroatoms. The molecule has 66 heavy (non-hydrogen) atoms. The molecule has 0 saturated carbocycles. The summed E-state index contributed by atoms with van der Waals surface area (Å²) in [4.78, 5) is 0. The van der Waals surface area contributed by atoms with Crippen LogP contribution in [0.5, 0.6) is 0 Å². The number of hydrogen-bond acceptors (Lipinski definition) is 0. The Kier molecular flexibility index (Phi) is 9.97. The molecule has 12 aromatic rings. The summed E-state index contributed by atoms with van der Waals surface area (Å²) in [6.07, 6.45) is 4.49. The predicted molar refractivity (Wildman–Crippen MR) is 284 cm³/mol. The molecule has 12 rings (SSSR count). The Labute approximate surface area is 386 Å². The number of benzene rings is 12. The van der Waals surface area contributed by atoms with E-state index in [4.69, 9.17) is 0 Å². The lowest BCUT2D eigenvalue weighted by molar-refractivity contribution is 1.58. The Morgan fingerprint density at radius 2 is 0.530 bits per heavy atom. The monoisotopic (exact) mass is 836 g/mol. The van der Waals surface area contributed by atoms with Crippen molar-refractivity contribution >= 4 is 55.2 Å². The Balaban J connectivity index is 0.873. The zero-order valence-corrected chi connectivity index (χ0v) is 36.4. The van der Waals surface area contributed by atoms with Crippen molar-refractivity contribution < 1.29 is 0 Å². The molecule has 0 unspecified atom stereocenters. The largest absolute Gasteiger partial charge is 0.0622 e. The fourth-order valence-electron chi connectivity index (χ4n) is 10.3. The van der Waals surface area contributed by atoms with Gasteiger partial charge < -0.3 is 0 Å². The molecule has 0 N–H and O–H groups in total. The van der Waals surface area contributed by atoms with E-state index in [0.717, 1.165) is 5.56 Å². The third-order valence-corrected chi connectivity index (χ3v) is 13.3. The number of hydrogen-bond donors (Lipinski definition) is 0. The maximum absolute atomic E-state index is 2.37. The van der Waals surface area contributed by atoms with Crippen molar-refractivity contribution in [2.45, 2.75) is 0 Å². The first-order chi connectivity index (χ1) is 32.8. The van der Waals surface area contributed by atoms with Crippen LogP contribution in [0.25, 0.3) is 122 Å². The fraction of sp³-hybridized carbons (Fsp3) is 0. The highest BCUT2D eigenvalue weighted by atomic mass is 14.2. The van der Waals surface area contributed by atoms with Crippen molar-refractivity contribution in [1.82, 2.24) is 0 Å². The molecular formula is C66H44. The van der Waals surface area contributed by atoms with Gasteiger partial charge in [0.1, 0.15) is 0 Å². The normalized spacial score (nSPS) is 11.6.